The number of nitrogens with one attached hydrogen (secondary N) is 1. The summed E-state index contributed by atoms with van der Waals surface area (Å²) in [5.74, 6) is -0.872. The molecule has 1 saturated carbocycles. The van der Waals surface area contributed by atoms with Crippen molar-refractivity contribution in [3.05, 3.63) is 22.8 Å². The molecule has 0 unspecified atom stereocenters. The summed E-state index contributed by atoms with van der Waals surface area (Å²) in [5, 5.41) is 2.35. The molecule has 3 atom stereocenters. The van der Waals surface area contributed by atoms with Crippen LogP contribution < -0.4 is 5.32 Å². The number of hydrogen-bond donors (Lipinski definition) is 1. The molecule has 20 heavy (non-hydrogen) atoms. The van der Waals surface area contributed by atoms with Crippen molar-refractivity contribution in [2.45, 2.75) is 39.7 Å². The van der Waals surface area contributed by atoms with E-state index in [4.69, 9.17) is 4.74 Å². The van der Waals surface area contributed by atoms with Crippen LogP contribution in [-0.2, 0) is 19.1 Å². The minimum Gasteiger partial charge on any atom is -0.455 e. The van der Waals surface area contributed by atoms with Crippen molar-refractivity contribution in [1.82, 2.24) is 5.32 Å². The summed E-state index contributed by atoms with van der Waals surface area (Å²) in [6, 6.07) is 0. The third kappa shape index (κ3) is 1.52. The summed E-state index contributed by atoms with van der Waals surface area (Å²) in [4.78, 5) is 35.5. The van der Waals surface area contributed by atoms with Crippen LogP contribution in [0.15, 0.2) is 22.8 Å². The van der Waals surface area contributed by atoms with Gasteiger partial charge in [0.2, 0.25) is 0 Å². The smallest absolute Gasteiger partial charge is 0.331 e. The number of carbonyl (C=O) groups is 3. The molecule has 5 heteroatoms. The van der Waals surface area contributed by atoms with E-state index in [1.165, 1.54) is 6.08 Å². The molecule has 2 aliphatic heterocycles. The van der Waals surface area contributed by atoms with Gasteiger partial charge in [0.15, 0.2) is 0 Å². The van der Waals surface area contributed by atoms with Gasteiger partial charge in [-0.15, -0.1) is 0 Å². The predicted molar refractivity (Wildman–Crippen MR) is 70.3 cm³/mol. The Bertz CT molecular complexity index is 601. The lowest BCUT2D eigenvalue weighted by atomic mass is 9.60. The molecule has 0 aromatic rings. The SMILES string of the molecule is CC1=C([C@@]2(C)C3=CC(=O)O[C@@H]3CC[C@@H]2C)C(=O)NC1=O. The number of imide groups is 1. The maximum Gasteiger partial charge on any atom is 0.331 e. The maximum absolute atomic E-state index is 12.2. The van der Waals surface area contributed by atoms with Gasteiger partial charge in [-0.2, -0.15) is 0 Å². The van der Waals surface area contributed by atoms with E-state index in [0.717, 1.165) is 18.4 Å². The third-order valence-electron chi connectivity index (χ3n) is 5.01. The fourth-order valence-electron chi connectivity index (χ4n) is 3.69. The van der Waals surface area contributed by atoms with Crippen molar-refractivity contribution in [2.75, 3.05) is 0 Å². The van der Waals surface area contributed by atoms with E-state index in [1.807, 2.05) is 6.92 Å². The van der Waals surface area contributed by atoms with Crippen LogP contribution in [0.25, 0.3) is 0 Å². The van der Waals surface area contributed by atoms with Crippen molar-refractivity contribution >= 4 is 17.8 Å². The van der Waals surface area contributed by atoms with Gasteiger partial charge in [-0.05, 0) is 31.3 Å². The molecule has 1 fully saturated rings. The Hall–Kier alpha value is -1.91. The standard InChI is InChI=1S/C15H17NO4/c1-7-4-5-10-9(6-11(17)20-10)15(7,3)12-8(2)13(18)16-14(12)19/h6-7,10H,4-5H2,1-3H3,(H,16,18,19)/t7-,10+,15+/m0/s1. The zero-order chi connectivity index (χ0) is 14.7. The lowest BCUT2D eigenvalue weighted by Crippen LogP contribution is -2.42. The second-order valence-electron chi connectivity index (χ2n) is 5.99. The van der Waals surface area contributed by atoms with Crippen LogP contribution in [0.3, 0.4) is 0 Å². The minimum atomic E-state index is -0.616. The summed E-state index contributed by atoms with van der Waals surface area (Å²) in [7, 11) is 0. The van der Waals surface area contributed by atoms with Crippen molar-refractivity contribution in [2.24, 2.45) is 11.3 Å². The topological polar surface area (TPSA) is 72.5 Å². The molecular weight excluding hydrogens is 258 g/mol. The second kappa shape index (κ2) is 4.04. The van der Waals surface area contributed by atoms with Crippen LogP contribution >= 0.6 is 0 Å². The van der Waals surface area contributed by atoms with Crippen LogP contribution in [0.1, 0.15) is 33.6 Å². The molecular formula is C15H17NO4. The summed E-state index contributed by atoms with van der Waals surface area (Å²) >= 11 is 0. The Morgan fingerprint density at radius 2 is 1.95 bits per heavy atom. The van der Waals surface area contributed by atoms with Gasteiger partial charge in [-0.25, -0.2) is 4.79 Å². The van der Waals surface area contributed by atoms with Gasteiger partial charge in [-0.3, -0.25) is 14.9 Å². The zero-order valence-electron chi connectivity index (χ0n) is 11.8. The molecule has 2 amide bonds. The van der Waals surface area contributed by atoms with E-state index in [1.54, 1.807) is 6.92 Å². The first-order valence-electron chi connectivity index (χ1n) is 6.85. The molecule has 0 saturated heterocycles. The van der Waals surface area contributed by atoms with Crippen LogP contribution in [0.5, 0.6) is 0 Å². The van der Waals surface area contributed by atoms with Gasteiger partial charge < -0.3 is 4.74 Å². The van der Waals surface area contributed by atoms with Gasteiger partial charge in [0.1, 0.15) is 6.10 Å². The summed E-state index contributed by atoms with van der Waals surface area (Å²) in [6.45, 7) is 5.65. The van der Waals surface area contributed by atoms with E-state index in [9.17, 15) is 14.4 Å². The van der Waals surface area contributed by atoms with Gasteiger partial charge in [0, 0.05) is 22.6 Å². The third-order valence-corrected chi connectivity index (χ3v) is 5.01. The molecule has 3 aliphatic rings. The number of amides is 2. The van der Waals surface area contributed by atoms with Gasteiger partial charge in [0.05, 0.1) is 0 Å². The van der Waals surface area contributed by atoms with Crippen molar-refractivity contribution in [3.8, 4) is 0 Å². The lowest BCUT2D eigenvalue weighted by molar-refractivity contribution is -0.139. The molecule has 3 rings (SSSR count). The number of esters is 1. The average molecular weight is 275 g/mol. The number of hydrogen-bond acceptors (Lipinski definition) is 4. The molecule has 5 nitrogen and oxygen atoms in total. The van der Waals surface area contributed by atoms with E-state index in [0.29, 0.717) is 11.1 Å². The average Bonchev–Trinajstić information content (AvgIpc) is 2.87. The monoisotopic (exact) mass is 275 g/mol. The minimum absolute atomic E-state index is 0.168. The van der Waals surface area contributed by atoms with E-state index in [2.05, 4.69) is 12.2 Å². The number of fused-ring (bicyclic) bond motifs is 1. The molecule has 106 valence electrons. The first-order valence-corrected chi connectivity index (χ1v) is 6.85. The Labute approximate surface area is 117 Å². The first-order chi connectivity index (χ1) is 9.35. The normalized spacial score (nSPS) is 36.8. The molecule has 1 N–H and O–H groups in total. The molecule has 0 aromatic heterocycles. The molecule has 1 aliphatic carbocycles. The van der Waals surface area contributed by atoms with E-state index < -0.39 is 5.41 Å². The highest BCUT2D eigenvalue weighted by Crippen LogP contribution is 2.53. The number of rotatable bonds is 1. The van der Waals surface area contributed by atoms with Gasteiger partial charge >= 0.3 is 5.97 Å². The summed E-state index contributed by atoms with van der Waals surface area (Å²) in [5.41, 5.74) is 1.16. The highest BCUT2D eigenvalue weighted by Gasteiger charge is 2.53. The Morgan fingerprint density at radius 3 is 2.55 bits per heavy atom. The maximum atomic E-state index is 12.2. The quantitative estimate of drug-likeness (QED) is 0.577. The molecule has 0 bridgehead atoms. The van der Waals surface area contributed by atoms with Crippen LogP contribution in [0.2, 0.25) is 0 Å². The van der Waals surface area contributed by atoms with Crippen molar-refractivity contribution in [3.63, 3.8) is 0 Å². The van der Waals surface area contributed by atoms with E-state index in [-0.39, 0.29) is 29.8 Å². The Balaban J connectivity index is 2.18. The summed E-state index contributed by atoms with van der Waals surface area (Å²) < 4.78 is 5.30. The fourth-order valence-corrected chi connectivity index (χ4v) is 3.69. The highest BCUT2D eigenvalue weighted by atomic mass is 16.5. The highest BCUT2D eigenvalue weighted by molar-refractivity contribution is 6.20. The summed E-state index contributed by atoms with van der Waals surface area (Å²) in [6.07, 6.45) is 2.87. The second-order valence-corrected chi connectivity index (χ2v) is 5.99. The predicted octanol–water partition coefficient (Wildman–Crippen LogP) is 1.25. The van der Waals surface area contributed by atoms with Crippen LogP contribution in [0, 0.1) is 11.3 Å². The van der Waals surface area contributed by atoms with E-state index >= 15 is 0 Å². The van der Waals surface area contributed by atoms with Gasteiger partial charge in [0.25, 0.3) is 11.8 Å². The zero-order valence-corrected chi connectivity index (χ0v) is 11.8. The van der Waals surface area contributed by atoms with Crippen LogP contribution in [-0.4, -0.2) is 23.9 Å². The number of carbonyl (C=O) groups excluding carboxylic acids is 3. The Morgan fingerprint density at radius 1 is 1.25 bits per heavy atom. The lowest BCUT2D eigenvalue weighted by Gasteiger charge is -2.43. The molecule has 0 spiro atoms. The first kappa shape index (κ1) is 13.1. The molecule has 0 radical (unpaired) electrons. The van der Waals surface area contributed by atoms with Crippen molar-refractivity contribution < 1.29 is 19.1 Å². The Kier molecular flexibility index (Phi) is 2.64. The fraction of sp³-hybridized carbons (Fsp3) is 0.533. The number of ether oxygens (including phenoxy) is 1. The van der Waals surface area contributed by atoms with Crippen LogP contribution in [0.4, 0.5) is 0 Å². The molecule has 0 aromatic carbocycles. The molecule has 2 heterocycles. The largest absolute Gasteiger partial charge is 0.455 e. The van der Waals surface area contributed by atoms with Crippen molar-refractivity contribution in [1.29, 1.82) is 0 Å². The van der Waals surface area contributed by atoms with Gasteiger partial charge in [-0.1, -0.05) is 13.8 Å².